The molecule has 1 aliphatic heterocycles. The molecule has 8 heteroatoms. The Hall–Kier alpha value is -4.14. The van der Waals surface area contributed by atoms with E-state index in [1.54, 1.807) is 13.0 Å². The number of esters is 2. The normalized spacial score (nSPS) is 33.6. The number of carbonyl (C=O) groups excluding carboxylic acids is 4. The molecule has 0 radical (unpaired) electrons. The van der Waals surface area contributed by atoms with Crippen LogP contribution in [-0.2, 0) is 38.1 Å². The maximum Gasteiger partial charge on any atom is 0.331 e. The molecule has 240 valence electrons. The second kappa shape index (κ2) is 11.6. The van der Waals surface area contributed by atoms with Gasteiger partial charge < -0.3 is 18.9 Å². The first-order valence-corrected chi connectivity index (χ1v) is 15.8. The summed E-state index contributed by atoms with van der Waals surface area (Å²) >= 11 is 0. The van der Waals surface area contributed by atoms with E-state index in [2.05, 4.69) is 6.58 Å². The molecule has 7 atom stereocenters. The summed E-state index contributed by atoms with van der Waals surface area (Å²) < 4.78 is 25.6. The Bertz CT molecular complexity index is 1650. The number of hydrogen-bond donors (Lipinski definition) is 0. The van der Waals surface area contributed by atoms with Crippen molar-refractivity contribution in [2.75, 3.05) is 0 Å². The quantitative estimate of drug-likeness (QED) is 0.218. The van der Waals surface area contributed by atoms with Gasteiger partial charge in [0, 0.05) is 41.7 Å². The molecular formula is C38H40O8. The molecule has 0 unspecified atom stereocenters. The highest BCUT2D eigenvalue weighted by Crippen LogP contribution is 2.65. The Morgan fingerprint density at radius 3 is 2.28 bits per heavy atom. The average molecular weight is 625 g/mol. The molecule has 1 saturated heterocycles. The lowest BCUT2D eigenvalue weighted by Gasteiger charge is -2.58. The minimum atomic E-state index is -1.30. The molecule has 4 aliphatic rings. The van der Waals surface area contributed by atoms with E-state index in [0.29, 0.717) is 29.6 Å². The Balaban J connectivity index is 1.47. The number of benzene rings is 2. The van der Waals surface area contributed by atoms with E-state index in [1.165, 1.54) is 13.0 Å². The number of allylic oxidation sites excluding steroid dienone is 1. The second-order valence-electron chi connectivity index (χ2n) is 13.6. The van der Waals surface area contributed by atoms with Crippen molar-refractivity contribution >= 4 is 29.6 Å². The van der Waals surface area contributed by atoms with Crippen molar-refractivity contribution in [2.45, 2.75) is 84.1 Å². The van der Waals surface area contributed by atoms with E-state index in [9.17, 15) is 19.2 Å². The molecule has 0 aromatic heterocycles. The Morgan fingerprint density at radius 2 is 1.63 bits per heavy atom. The van der Waals surface area contributed by atoms with Crippen molar-refractivity contribution in [1.29, 1.82) is 0 Å². The van der Waals surface area contributed by atoms with Crippen molar-refractivity contribution in [2.24, 2.45) is 16.7 Å². The van der Waals surface area contributed by atoms with Gasteiger partial charge in [0.25, 0.3) is 0 Å². The third-order valence-electron chi connectivity index (χ3n) is 10.6. The second-order valence-corrected chi connectivity index (χ2v) is 13.6. The van der Waals surface area contributed by atoms with Crippen LogP contribution >= 0.6 is 0 Å². The highest BCUT2D eigenvalue weighted by Gasteiger charge is 2.72. The summed E-state index contributed by atoms with van der Waals surface area (Å²) in [4.78, 5) is 54.3. The number of rotatable bonds is 5. The Morgan fingerprint density at radius 1 is 0.978 bits per heavy atom. The zero-order valence-corrected chi connectivity index (χ0v) is 26.9. The summed E-state index contributed by atoms with van der Waals surface area (Å²) in [5.41, 5.74) is -0.432. The molecule has 0 amide bonds. The van der Waals surface area contributed by atoms with E-state index in [-0.39, 0.29) is 18.0 Å². The lowest BCUT2D eigenvalue weighted by molar-refractivity contribution is -0.175. The summed E-state index contributed by atoms with van der Waals surface area (Å²) in [5, 5.41) is 0. The molecule has 2 aromatic carbocycles. The lowest BCUT2D eigenvalue weighted by atomic mass is 9.48. The minimum Gasteiger partial charge on any atom is -0.455 e. The van der Waals surface area contributed by atoms with Gasteiger partial charge in [0.05, 0.1) is 6.10 Å². The molecule has 8 nitrogen and oxygen atoms in total. The van der Waals surface area contributed by atoms with Crippen molar-refractivity contribution in [3.8, 4) is 0 Å². The monoisotopic (exact) mass is 624 g/mol. The molecule has 1 spiro atoms. The van der Waals surface area contributed by atoms with Gasteiger partial charge in [-0.2, -0.15) is 0 Å². The fourth-order valence-electron chi connectivity index (χ4n) is 8.18. The third kappa shape index (κ3) is 4.99. The van der Waals surface area contributed by atoms with Crippen LogP contribution < -0.4 is 0 Å². The van der Waals surface area contributed by atoms with Crippen LogP contribution in [0.25, 0.3) is 6.08 Å². The summed E-state index contributed by atoms with van der Waals surface area (Å²) in [6.07, 6.45) is 0.00544. The molecule has 1 heterocycles. The maximum atomic E-state index is 14.8. The number of fused-ring (bicyclic) bond motifs is 3. The van der Waals surface area contributed by atoms with Gasteiger partial charge in [-0.15, -0.1) is 0 Å². The first-order valence-electron chi connectivity index (χ1n) is 15.8. The smallest absolute Gasteiger partial charge is 0.331 e. The molecule has 0 N–H and O–H groups in total. The summed E-state index contributed by atoms with van der Waals surface area (Å²) in [6.45, 7) is 13.1. The standard InChI is InChI=1S/C38H40O8/c1-22-27(40)21-38-34(45-35(46-38)26-15-11-8-12-16-26)31-23(2)28(44-29(41)18-17-25-13-9-7-10-14-25)19-20-37(31,6)33(42)32(43-24(3)39)30(22)36(38,4)5/h7-18,28,31-32,34-35H,2,19-21H2,1,3-6H3/t28-,31-,32+,34-,35-,37+,38+/m0/s1. The first kappa shape index (κ1) is 31.8. The van der Waals surface area contributed by atoms with Gasteiger partial charge in [0.2, 0.25) is 0 Å². The first-order chi connectivity index (χ1) is 21.8. The summed E-state index contributed by atoms with van der Waals surface area (Å²) in [5.74, 6) is -2.44. The SMILES string of the molecule is C=C1[C@@H](OC(=O)C=Cc2ccccc2)CC[C@@]2(C)C(=O)[C@H](OC(C)=O)C3=C(C)C(=O)C[C@]4(O[C@@H](c5ccccc5)O[C@H]4[C@H]12)C3(C)C. The average Bonchev–Trinajstić information content (AvgIpc) is 3.40. The number of ether oxygens (including phenoxy) is 4. The van der Waals surface area contributed by atoms with Crippen LogP contribution in [0.5, 0.6) is 0 Å². The molecule has 2 aromatic rings. The van der Waals surface area contributed by atoms with Gasteiger partial charge >= 0.3 is 11.9 Å². The number of carbonyl (C=O) groups is 4. The minimum absolute atomic E-state index is 0.00551. The molecule has 3 fully saturated rings. The van der Waals surface area contributed by atoms with Gasteiger partial charge in [-0.25, -0.2) is 4.79 Å². The van der Waals surface area contributed by atoms with Gasteiger partial charge in [-0.3, -0.25) is 14.4 Å². The maximum absolute atomic E-state index is 14.8. The van der Waals surface area contributed by atoms with Crippen LogP contribution in [0.2, 0.25) is 0 Å². The lowest BCUT2D eigenvalue weighted by Crippen LogP contribution is -2.67. The van der Waals surface area contributed by atoms with E-state index in [4.69, 9.17) is 18.9 Å². The van der Waals surface area contributed by atoms with Crippen LogP contribution in [0, 0.1) is 16.7 Å². The highest BCUT2D eigenvalue weighted by molar-refractivity contribution is 6.02. The van der Waals surface area contributed by atoms with Crippen LogP contribution in [0.4, 0.5) is 0 Å². The number of hydrogen-bond acceptors (Lipinski definition) is 8. The van der Waals surface area contributed by atoms with Gasteiger partial charge in [-0.05, 0) is 48.1 Å². The number of ketones is 2. The van der Waals surface area contributed by atoms with Crippen molar-refractivity contribution < 1.29 is 38.1 Å². The molecule has 6 rings (SSSR count). The number of Topliss-reactive ketones (excluding diaryl/α,β-unsaturated/α-hetero) is 2. The molecule has 46 heavy (non-hydrogen) atoms. The largest absolute Gasteiger partial charge is 0.455 e. The Labute approximate surface area is 269 Å². The van der Waals surface area contributed by atoms with Crippen LogP contribution in [0.15, 0.2) is 90.0 Å². The van der Waals surface area contributed by atoms with Crippen LogP contribution in [0.1, 0.15) is 71.3 Å². The van der Waals surface area contributed by atoms with Crippen LogP contribution in [-0.4, -0.2) is 47.4 Å². The fourth-order valence-corrected chi connectivity index (χ4v) is 8.18. The van der Waals surface area contributed by atoms with Crippen molar-refractivity contribution in [3.05, 3.63) is 101 Å². The topological polar surface area (TPSA) is 105 Å². The molecule has 2 bridgehead atoms. The van der Waals surface area contributed by atoms with Gasteiger partial charge in [-0.1, -0.05) is 88.0 Å². The van der Waals surface area contributed by atoms with E-state index < -0.39 is 58.9 Å². The van der Waals surface area contributed by atoms with E-state index in [0.717, 1.165) is 11.1 Å². The molecular weight excluding hydrogens is 584 g/mol. The zero-order valence-electron chi connectivity index (χ0n) is 26.9. The van der Waals surface area contributed by atoms with Gasteiger partial charge in [0.15, 0.2) is 24.0 Å². The highest BCUT2D eigenvalue weighted by atomic mass is 16.7. The fraction of sp³-hybridized carbons (Fsp3) is 0.421. The van der Waals surface area contributed by atoms with Gasteiger partial charge in [0.1, 0.15) is 11.7 Å². The Kier molecular flexibility index (Phi) is 8.02. The predicted molar refractivity (Wildman–Crippen MR) is 170 cm³/mol. The zero-order chi connectivity index (χ0) is 33.0. The summed E-state index contributed by atoms with van der Waals surface area (Å²) in [6, 6.07) is 18.9. The van der Waals surface area contributed by atoms with E-state index >= 15 is 0 Å². The predicted octanol–water partition coefficient (Wildman–Crippen LogP) is 6.27. The molecule has 3 aliphatic carbocycles. The third-order valence-corrected chi connectivity index (χ3v) is 10.6. The van der Waals surface area contributed by atoms with E-state index in [1.807, 2.05) is 81.4 Å². The summed E-state index contributed by atoms with van der Waals surface area (Å²) in [7, 11) is 0. The molecule has 2 saturated carbocycles. The van der Waals surface area contributed by atoms with Crippen molar-refractivity contribution in [1.82, 2.24) is 0 Å². The van der Waals surface area contributed by atoms with Crippen molar-refractivity contribution in [3.63, 3.8) is 0 Å². The van der Waals surface area contributed by atoms with Crippen LogP contribution in [0.3, 0.4) is 0 Å².